The normalized spacial score (nSPS) is 26.2. The predicted molar refractivity (Wildman–Crippen MR) is 72.4 cm³/mol. The van der Waals surface area contributed by atoms with Gasteiger partial charge in [-0.15, -0.1) is 0 Å². The van der Waals surface area contributed by atoms with Crippen LogP contribution in [-0.4, -0.2) is 18.1 Å². The predicted octanol–water partition coefficient (Wildman–Crippen LogP) is 3.36. The molecule has 1 aromatic rings. The number of hydrogen-bond acceptors (Lipinski definition) is 3. The summed E-state index contributed by atoms with van der Waals surface area (Å²) in [4.78, 5) is 12.2. The average molecular weight is 265 g/mol. The maximum atomic E-state index is 13.7. The first-order valence-corrected chi connectivity index (χ1v) is 6.77. The zero-order chi connectivity index (χ0) is 13.9. The van der Waals surface area contributed by atoms with Crippen LogP contribution in [0.3, 0.4) is 0 Å². The van der Waals surface area contributed by atoms with E-state index in [1.165, 1.54) is 6.07 Å². The molecule has 1 aliphatic rings. The van der Waals surface area contributed by atoms with Crippen LogP contribution in [-0.2, 0) is 9.53 Å². The van der Waals surface area contributed by atoms with Gasteiger partial charge in [0, 0.05) is 0 Å². The van der Waals surface area contributed by atoms with E-state index in [4.69, 9.17) is 4.74 Å². The molecule has 0 spiro atoms. The van der Waals surface area contributed by atoms with Crippen molar-refractivity contribution in [2.75, 3.05) is 11.9 Å². The van der Waals surface area contributed by atoms with E-state index < -0.39 is 5.54 Å². The fraction of sp³-hybridized carbons (Fsp3) is 0.533. The lowest BCUT2D eigenvalue weighted by atomic mass is 9.95. The number of halogens is 1. The standard InChI is InChI=1S/C15H20FNO2/c1-3-19-14(18)15(9-8-11(2)10-15)17-13-7-5-4-6-12(13)16/h4-7,11,17H,3,8-10H2,1-2H3. The Labute approximate surface area is 113 Å². The van der Waals surface area contributed by atoms with Gasteiger partial charge in [-0.2, -0.15) is 0 Å². The van der Waals surface area contributed by atoms with Crippen LogP contribution in [0.1, 0.15) is 33.1 Å². The van der Waals surface area contributed by atoms with Crippen LogP contribution < -0.4 is 5.32 Å². The lowest BCUT2D eigenvalue weighted by Gasteiger charge is -2.29. The molecular weight excluding hydrogens is 245 g/mol. The molecule has 0 aromatic heterocycles. The largest absolute Gasteiger partial charge is 0.464 e. The Bertz CT molecular complexity index is 463. The Kier molecular flexibility index (Phi) is 4.08. The Balaban J connectivity index is 2.24. The topological polar surface area (TPSA) is 38.3 Å². The van der Waals surface area contributed by atoms with Crippen molar-refractivity contribution in [2.45, 2.75) is 38.6 Å². The molecule has 3 nitrogen and oxygen atoms in total. The van der Waals surface area contributed by atoms with Crippen molar-refractivity contribution < 1.29 is 13.9 Å². The maximum Gasteiger partial charge on any atom is 0.331 e. The number of carbonyl (C=O) groups is 1. The summed E-state index contributed by atoms with van der Waals surface area (Å²) in [6.45, 7) is 4.23. The van der Waals surface area contributed by atoms with E-state index in [1.807, 2.05) is 0 Å². The fourth-order valence-electron chi connectivity index (χ4n) is 2.73. The SMILES string of the molecule is CCOC(=O)C1(Nc2ccccc2F)CCC(C)C1. The molecule has 19 heavy (non-hydrogen) atoms. The van der Waals surface area contributed by atoms with Crippen LogP contribution >= 0.6 is 0 Å². The number of esters is 1. The lowest BCUT2D eigenvalue weighted by Crippen LogP contribution is -2.45. The van der Waals surface area contributed by atoms with E-state index in [-0.39, 0.29) is 11.8 Å². The molecule has 0 radical (unpaired) electrons. The van der Waals surface area contributed by atoms with Gasteiger partial charge in [0.1, 0.15) is 11.4 Å². The van der Waals surface area contributed by atoms with Crippen LogP contribution in [0.5, 0.6) is 0 Å². The molecule has 1 fully saturated rings. The summed E-state index contributed by atoms with van der Waals surface area (Å²) in [6, 6.07) is 6.43. The van der Waals surface area contributed by atoms with Gasteiger partial charge in [0.15, 0.2) is 0 Å². The van der Waals surface area contributed by atoms with E-state index in [9.17, 15) is 9.18 Å². The first kappa shape index (κ1) is 13.8. The number of benzene rings is 1. The minimum absolute atomic E-state index is 0.275. The summed E-state index contributed by atoms with van der Waals surface area (Å²) in [5.41, 5.74) is -0.415. The molecular formula is C15H20FNO2. The number of ether oxygens (including phenoxy) is 1. The fourth-order valence-corrected chi connectivity index (χ4v) is 2.73. The summed E-state index contributed by atoms with van der Waals surface area (Å²) in [5, 5.41) is 3.09. The van der Waals surface area contributed by atoms with E-state index in [0.29, 0.717) is 31.1 Å². The summed E-state index contributed by atoms with van der Waals surface area (Å²) in [7, 11) is 0. The lowest BCUT2D eigenvalue weighted by molar-refractivity contribution is -0.148. The van der Waals surface area contributed by atoms with Crippen molar-refractivity contribution in [1.29, 1.82) is 0 Å². The highest BCUT2D eigenvalue weighted by Gasteiger charge is 2.45. The number of carbonyl (C=O) groups excluding carboxylic acids is 1. The van der Waals surface area contributed by atoms with Gasteiger partial charge in [-0.1, -0.05) is 19.1 Å². The Hall–Kier alpha value is -1.58. The molecule has 2 atom stereocenters. The Morgan fingerprint density at radius 2 is 2.26 bits per heavy atom. The van der Waals surface area contributed by atoms with Gasteiger partial charge in [0.05, 0.1) is 12.3 Å². The zero-order valence-corrected chi connectivity index (χ0v) is 11.4. The van der Waals surface area contributed by atoms with Gasteiger partial charge in [0.2, 0.25) is 0 Å². The average Bonchev–Trinajstić information content (AvgIpc) is 2.75. The second-order valence-corrected chi connectivity index (χ2v) is 5.26. The third-order valence-corrected chi connectivity index (χ3v) is 3.67. The summed E-state index contributed by atoms with van der Waals surface area (Å²) in [6.07, 6.45) is 2.31. The summed E-state index contributed by atoms with van der Waals surface area (Å²) in [5.74, 6) is -0.183. The van der Waals surface area contributed by atoms with E-state index in [1.54, 1.807) is 25.1 Å². The van der Waals surface area contributed by atoms with E-state index in [2.05, 4.69) is 12.2 Å². The molecule has 2 rings (SSSR count). The number of nitrogens with one attached hydrogen (secondary N) is 1. The Morgan fingerprint density at radius 1 is 1.53 bits per heavy atom. The van der Waals surface area contributed by atoms with Gasteiger partial charge in [-0.25, -0.2) is 9.18 Å². The molecule has 1 aliphatic carbocycles. The Morgan fingerprint density at radius 3 is 2.84 bits per heavy atom. The van der Waals surface area contributed by atoms with Gasteiger partial charge in [0.25, 0.3) is 0 Å². The number of rotatable bonds is 4. The van der Waals surface area contributed by atoms with E-state index >= 15 is 0 Å². The molecule has 0 bridgehead atoms. The molecule has 1 aromatic carbocycles. The first-order valence-electron chi connectivity index (χ1n) is 6.77. The smallest absolute Gasteiger partial charge is 0.331 e. The number of para-hydroxylation sites is 1. The van der Waals surface area contributed by atoms with Gasteiger partial charge < -0.3 is 10.1 Å². The highest BCUT2D eigenvalue weighted by molar-refractivity contribution is 5.85. The van der Waals surface area contributed by atoms with Gasteiger partial charge in [-0.3, -0.25) is 0 Å². The number of anilines is 1. The highest BCUT2D eigenvalue weighted by atomic mass is 19.1. The second-order valence-electron chi connectivity index (χ2n) is 5.26. The molecule has 104 valence electrons. The maximum absolute atomic E-state index is 13.7. The van der Waals surface area contributed by atoms with Crippen molar-refractivity contribution in [3.8, 4) is 0 Å². The highest BCUT2D eigenvalue weighted by Crippen LogP contribution is 2.38. The van der Waals surface area contributed by atoms with Crippen molar-refractivity contribution >= 4 is 11.7 Å². The first-order chi connectivity index (χ1) is 9.07. The van der Waals surface area contributed by atoms with Crippen LogP contribution in [0.25, 0.3) is 0 Å². The van der Waals surface area contributed by atoms with Crippen molar-refractivity contribution in [3.63, 3.8) is 0 Å². The molecule has 0 amide bonds. The summed E-state index contributed by atoms with van der Waals surface area (Å²) < 4.78 is 18.9. The number of hydrogen-bond donors (Lipinski definition) is 1. The third kappa shape index (κ3) is 2.88. The van der Waals surface area contributed by atoms with Crippen molar-refractivity contribution in [1.82, 2.24) is 0 Å². The monoisotopic (exact) mass is 265 g/mol. The van der Waals surface area contributed by atoms with Crippen LogP contribution in [0.2, 0.25) is 0 Å². The van der Waals surface area contributed by atoms with Crippen LogP contribution in [0.4, 0.5) is 10.1 Å². The quantitative estimate of drug-likeness (QED) is 0.848. The molecule has 2 unspecified atom stereocenters. The third-order valence-electron chi connectivity index (χ3n) is 3.67. The summed E-state index contributed by atoms with van der Waals surface area (Å²) >= 11 is 0. The minimum atomic E-state index is -0.780. The molecule has 0 heterocycles. The molecule has 0 saturated heterocycles. The van der Waals surface area contributed by atoms with Crippen LogP contribution in [0.15, 0.2) is 24.3 Å². The molecule has 4 heteroatoms. The molecule has 1 N–H and O–H groups in total. The van der Waals surface area contributed by atoms with Gasteiger partial charge in [-0.05, 0) is 44.2 Å². The molecule has 0 aliphatic heterocycles. The van der Waals surface area contributed by atoms with E-state index in [0.717, 1.165) is 6.42 Å². The second kappa shape index (κ2) is 5.59. The van der Waals surface area contributed by atoms with Crippen LogP contribution in [0, 0.1) is 11.7 Å². The van der Waals surface area contributed by atoms with Gasteiger partial charge >= 0.3 is 5.97 Å². The van der Waals surface area contributed by atoms with Crippen molar-refractivity contribution in [3.05, 3.63) is 30.1 Å². The molecule has 1 saturated carbocycles. The zero-order valence-electron chi connectivity index (χ0n) is 11.4. The minimum Gasteiger partial charge on any atom is -0.464 e. The van der Waals surface area contributed by atoms with Crippen molar-refractivity contribution in [2.24, 2.45) is 5.92 Å².